The van der Waals surface area contributed by atoms with E-state index in [1.807, 2.05) is 24.3 Å². The maximum atomic E-state index is 5.85. The first-order chi connectivity index (χ1) is 8.83. The maximum absolute atomic E-state index is 5.85. The van der Waals surface area contributed by atoms with Crippen LogP contribution in [0.15, 0.2) is 24.3 Å². The standard InChI is InChI=1S/C13H16N4O/c14-12-13(18-8-9-4-3-7-15-9)17-11-6-2-1-5-10(11)16-12/h1-2,5-6,9,15H,3-4,7-8H2,(H2,14,16)/t9-/m0/s1. The second-order valence-electron chi connectivity index (χ2n) is 4.51. The third kappa shape index (κ3) is 2.22. The Morgan fingerprint density at radius 3 is 2.78 bits per heavy atom. The van der Waals surface area contributed by atoms with Crippen LogP contribution in [0.25, 0.3) is 11.0 Å². The van der Waals surface area contributed by atoms with E-state index in [1.54, 1.807) is 0 Å². The van der Waals surface area contributed by atoms with Gasteiger partial charge in [0.25, 0.3) is 5.88 Å². The van der Waals surface area contributed by atoms with Gasteiger partial charge in [0.05, 0.1) is 11.0 Å². The number of ether oxygens (including phenoxy) is 1. The molecule has 1 aromatic heterocycles. The summed E-state index contributed by atoms with van der Waals surface area (Å²) in [5, 5.41) is 3.37. The molecule has 1 fully saturated rings. The Kier molecular flexibility index (Phi) is 2.98. The van der Waals surface area contributed by atoms with Gasteiger partial charge in [-0.3, -0.25) is 0 Å². The summed E-state index contributed by atoms with van der Waals surface area (Å²) in [6.45, 7) is 1.66. The number of hydrogen-bond donors (Lipinski definition) is 2. The average Bonchev–Trinajstić information content (AvgIpc) is 2.89. The van der Waals surface area contributed by atoms with Crippen LogP contribution in [0.1, 0.15) is 12.8 Å². The molecule has 0 bridgehead atoms. The highest BCUT2D eigenvalue weighted by molar-refractivity contribution is 5.76. The molecule has 94 valence electrons. The number of benzene rings is 1. The Morgan fingerprint density at radius 2 is 2.06 bits per heavy atom. The van der Waals surface area contributed by atoms with Crippen LogP contribution in [0.5, 0.6) is 5.88 Å². The number of nitrogens with two attached hydrogens (primary N) is 1. The van der Waals surface area contributed by atoms with Gasteiger partial charge in [-0.15, -0.1) is 0 Å². The predicted molar refractivity (Wildman–Crippen MR) is 70.5 cm³/mol. The Morgan fingerprint density at radius 1 is 1.28 bits per heavy atom. The molecular formula is C13H16N4O. The minimum absolute atomic E-state index is 0.353. The minimum Gasteiger partial charge on any atom is -0.473 e. The van der Waals surface area contributed by atoms with Gasteiger partial charge in [-0.25, -0.2) is 9.97 Å². The Balaban J connectivity index is 1.80. The van der Waals surface area contributed by atoms with E-state index >= 15 is 0 Å². The number of rotatable bonds is 3. The van der Waals surface area contributed by atoms with Crippen molar-refractivity contribution in [3.05, 3.63) is 24.3 Å². The van der Waals surface area contributed by atoms with Crippen LogP contribution in [0.3, 0.4) is 0 Å². The minimum atomic E-state index is 0.353. The largest absolute Gasteiger partial charge is 0.473 e. The zero-order valence-electron chi connectivity index (χ0n) is 10.1. The van der Waals surface area contributed by atoms with E-state index in [4.69, 9.17) is 10.5 Å². The molecule has 2 aromatic rings. The van der Waals surface area contributed by atoms with Crippen molar-refractivity contribution in [2.75, 3.05) is 18.9 Å². The fourth-order valence-corrected chi connectivity index (χ4v) is 2.18. The molecule has 1 saturated heterocycles. The molecule has 3 rings (SSSR count). The van der Waals surface area contributed by atoms with Gasteiger partial charge in [-0.05, 0) is 31.5 Å². The van der Waals surface area contributed by atoms with Crippen molar-refractivity contribution in [3.8, 4) is 5.88 Å². The molecule has 18 heavy (non-hydrogen) atoms. The summed E-state index contributed by atoms with van der Waals surface area (Å²) in [5.74, 6) is 0.786. The number of para-hydroxylation sites is 2. The first-order valence-corrected chi connectivity index (χ1v) is 6.21. The molecule has 0 saturated carbocycles. The molecule has 0 unspecified atom stereocenters. The molecular weight excluding hydrogens is 228 g/mol. The third-order valence-corrected chi connectivity index (χ3v) is 3.15. The van der Waals surface area contributed by atoms with Crippen LogP contribution in [-0.2, 0) is 0 Å². The number of hydrogen-bond acceptors (Lipinski definition) is 5. The number of fused-ring (bicyclic) bond motifs is 1. The fourth-order valence-electron chi connectivity index (χ4n) is 2.18. The summed E-state index contributed by atoms with van der Waals surface area (Å²) in [5.41, 5.74) is 7.45. The molecule has 3 N–H and O–H groups in total. The van der Waals surface area contributed by atoms with Crippen LogP contribution >= 0.6 is 0 Å². The second-order valence-corrected chi connectivity index (χ2v) is 4.51. The van der Waals surface area contributed by atoms with Gasteiger partial charge >= 0.3 is 0 Å². The van der Waals surface area contributed by atoms with E-state index in [0.29, 0.717) is 24.3 Å². The first-order valence-electron chi connectivity index (χ1n) is 6.21. The molecule has 0 radical (unpaired) electrons. The highest BCUT2D eigenvalue weighted by Crippen LogP contribution is 2.21. The average molecular weight is 244 g/mol. The van der Waals surface area contributed by atoms with E-state index in [9.17, 15) is 0 Å². The van der Waals surface area contributed by atoms with Crippen molar-refractivity contribution in [2.45, 2.75) is 18.9 Å². The van der Waals surface area contributed by atoms with E-state index in [1.165, 1.54) is 6.42 Å². The molecule has 0 aliphatic carbocycles. The molecule has 5 heteroatoms. The van der Waals surface area contributed by atoms with E-state index in [-0.39, 0.29) is 0 Å². The van der Waals surface area contributed by atoms with E-state index in [0.717, 1.165) is 24.0 Å². The van der Waals surface area contributed by atoms with Crippen LogP contribution in [0, 0.1) is 0 Å². The maximum Gasteiger partial charge on any atom is 0.257 e. The Labute approximate surface area is 105 Å². The highest BCUT2D eigenvalue weighted by atomic mass is 16.5. The number of nitrogens with one attached hydrogen (secondary N) is 1. The first kappa shape index (κ1) is 11.2. The van der Waals surface area contributed by atoms with Gasteiger partial charge in [0, 0.05) is 6.04 Å². The Hall–Kier alpha value is -1.88. The van der Waals surface area contributed by atoms with Gasteiger partial charge < -0.3 is 15.8 Å². The summed E-state index contributed by atoms with van der Waals surface area (Å²) < 4.78 is 5.67. The SMILES string of the molecule is Nc1nc2ccccc2nc1OC[C@@H]1CCCN1. The van der Waals surface area contributed by atoms with Crippen molar-refractivity contribution in [1.29, 1.82) is 0 Å². The molecule has 1 aliphatic heterocycles. The lowest BCUT2D eigenvalue weighted by atomic mass is 10.2. The predicted octanol–water partition coefficient (Wildman–Crippen LogP) is 1.34. The summed E-state index contributed by atoms with van der Waals surface area (Å²) >= 11 is 0. The van der Waals surface area contributed by atoms with Crippen LogP contribution < -0.4 is 15.8 Å². The van der Waals surface area contributed by atoms with Crippen molar-refractivity contribution >= 4 is 16.9 Å². The smallest absolute Gasteiger partial charge is 0.257 e. The molecule has 5 nitrogen and oxygen atoms in total. The summed E-state index contributed by atoms with van der Waals surface area (Å²) in [6.07, 6.45) is 2.34. The molecule has 0 spiro atoms. The zero-order valence-corrected chi connectivity index (χ0v) is 10.1. The quantitative estimate of drug-likeness (QED) is 0.852. The van der Waals surface area contributed by atoms with E-state index in [2.05, 4.69) is 15.3 Å². The van der Waals surface area contributed by atoms with Crippen LogP contribution in [0.2, 0.25) is 0 Å². The summed E-state index contributed by atoms with van der Waals surface area (Å²) in [7, 11) is 0. The lowest BCUT2D eigenvalue weighted by Gasteiger charge is -2.12. The van der Waals surface area contributed by atoms with Crippen molar-refractivity contribution in [3.63, 3.8) is 0 Å². The molecule has 0 amide bonds. The van der Waals surface area contributed by atoms with Gasteiger partial charge in [0.1, 0.15) is 6.61 Å². The third-order valence-electron chi connectivity index (χ3n) is 3.15. The van der Waals surface area contributed by atoms with Gasteiger partial charge in [-0.1, -0.05) is 12.1 Å². The number of nitrogens with zero attached hydrogens (tertiary/aromatic N) is 2. The normalized spacial score (nSPS) is 19.2. The lowest BCUT2D eigenvalue weighted by Crippen LogP contribution is -2.28. The van der Waals surface area contributed by atoms with Gasteiger partial charge in [0.2, 0.25) is 0 Å². The molecule has 2 heterocycles. The fraction of sp³-hybridized carbons (Fsp3) is 0.385. The number of nitrogen functional groups attached to an aromatic ring is 1. The topological polar surface area (TPSA) is 73.1 Å². The zero-order chi connectivity index (χ0) is 12.4. The van der Waals surface area contributed by atoms with Gasteiger partial charge in [0.15, 0.2) is 5.82 Å². The van der Waals surface area contributed by atoms with Crippen molar-refractivity contribution in [1.82, 2.24) is 15.3 Å². The van der Waals surface area contributed by atoms with Crippen LogP contribution in [-0.4, -0.2) is 29.2 Å². The summed E-state index contributed by atoms with van der Waals surface area (Å²) in [6, 6.07) is 8.04. The summed E-state index contributed by atoms with van der Waals surface area (Å²) in [4.78, 5) is 8.69. The van der Waals surface area contributed by atoms with E-state index < -0.39 is 0 Å². The number of aromatic nitrogens is 2. The molecule has 1 aromatic carbocycles. The monoisotopic (exact) mass is 244 g/mol. The lowest BCUT2D eigenvalue weighted by molar-refractivity contribution is 0.269. The Bertz CT molecular complexity index is 552. The number of anilines is 1. The van der Waals surface area contributed by atoms with Crippen LogP contribution in [0.4, 0.5) is 5.82 Å². The second kappa shape index (κ2) is 4.78. The highest BCUT2D eigenvalue weighted by Gasteiger charge is 2.16. The van der Waals surface area contributed by atoms with Crippen molar-refractivity contribution in [2.24, 2.45) is 0 Å². The molecule has 1 aliphatic rings. The van der Waals surface area contributed by atoms with Gasteiger partial charge in [-0.2, -0.15) is 0 Å². The van der Waals surface area contributed by atoms with Crippen molar-refractivity contribution < 1.29 is 4.74 Å². The molecule has 1 atom stereocenters.